The van der Waals surface area contributed by atoms with Gasteiger partial charge in [-0.2, -0.15) is 0 Å². The first-order valence-corrected chi connectivity index (χ1v) is 3.09. The van der Waals surface area contributed by atoms with Gasteiger partial charge < -0.3 is 10.5 Å². The molecule has 0 bridgehead atoms. The van der Waals surface area contributed by atoms with Gasteiger partial charge in [-0.1, -0.05) is 6.07 Å². The van der Waals surface area contributed by atoms with Crippen LogP contribution in [0.25, 0.3) is 0 Å². The van der Waals surface area contributed by atoms with E-state index in [2.05, 4.69) is 4.98 Å². The molecule has 1 aromatic rings. The van der Waals surface area contributed by atoms with Crippen LogP contribution >= 0.6 is 0 Å². The van der Waals surface area contributed by atoms with E-state index in [1.165, 1.54) is 7.11 Å². The molecule has 0 aromatic carbocycles. The average Bonchev–Trinajstić information content (AvgIpc) is 2.05. The van der Waals surface area contributed by atoms with Gasteiger partial charge in [-0.15, -0.1) is 0 Å². The van der Waals surface area contributed by atoms with Crippen molar-refractivity contribution in [2.75, 3.05) is 7.11 Å². The van der Waals surface area contributed by atoms with Crippen LogP contribution in [-0.2, 0) is 0 Å². The maximum absolute atomic E-state index is 7.07. The molecule has 1 heterocycles. The lowest BCUT2D eigenvalue weighted by Gasteiger charge is -1.99. The predicted molar refractivity (Wildman–Crippen MR) is 41.8 cm³/mol. The number of nitrogens with two attached hydrogens (primary N) is 1. The topological polar surface area (TPSA) is 72.0 Å². The molecule has 4 heteroatoms. The van der Waals surface area contributed by atoms with Gasteiger partial charge in [0.25, 0.3) is 0 Å². The number of rotatable bonds is 2. The van der Waals surface area contributed by atoms with E-state index >= 15 is 0 Å². The highest BCUT2D eigenvalue weighted by Gasteiger charge is 1.98. The number of nitrogens with zero attached hydrogens (tertiary/aromatic N) is 1. The zero-order valence-corrected chi connectivity index (χ0v) is 6.16. The fourth-order valence-corrected chi connectivity index (χ4v) is 0.679. The summed E-state index contributed by atoms with van der Waals surface area (Å²) in [6, 6.07) is 5.10. The number of hydrogen-bond donors (Lipinski definition) is 2. The number of hydrogen-bond acceptors (Lipinski definition) is 3. The van der Waals surface area contributed by atoms with Gasteiger partial charge in [-0.05, 0) is 6.07 Å². The van der Waals surface area contributed by atoms with Gasteiger partial charge >= 0.3 is 0 Å². The van der Waals surface area contributed by atoms with Crippen LogP contribution in [0, 0.1) is 5.41 Å². The SMILES string of the molecule is COc1cccc(C(=N)N)n1. The van der Waals surface area contributed by atoms with Gasteiger partial charge in [0.1, 0.15) is 11.5 Å². The van der Waals surface area contributed by atoms with Crippen molar-refractivity contribution in [3.05, 3.63) is 23.9 Å². The van der Waals surface area contributed by atoms with E-state index in [1.807, 2.05) is 0 Å². The van der Waals surface area contributed by atoms with Crippen molar-refractivity contribution in [2.45, 2.75) is 0 Å². The molecule has 0 radical (unpaired) electrons. The molecule has 0 saturated heterocycles. The average molecular weight is 151 g/mol. The van der Waals surface area contributed by atoms with Crippen molar-refractivity contribution in [1.29, 1.82) is 5.41 Å². The summed E-state index contributed by atoms with van der Waals surface area (Å²) in [4.78, 5) is 3.92. The fraction of sp³-hybridized carbons (Fsp3) is 0.143. The maximum atomic E-state index is 7.07. The van der Waals surface area contributed by atoms with Crippen molar-refractivity contribution in [2.24, 2.45) is 5.73 Å². The molecule has 0 spiro atoms. The summed E-state index contributed by atoms with van der Waals surface area (Å²) in [5.41, 5.74) is 5.64. The Labute approximate surface area is 64.5 Å². The number of nitrogen functional groups attached to an aromatic ring is 1. The fourth-order valence-electron chi connectivity index (χ4n) is 0.679. The summed E-state index contributed by atoms with van der Waals surface area (Å²) >= 11 is 0. The van der Waals surface area contributed by atoms with Crippen molar-refractivity contribution in [1.82, 2.24) is 4.98 Å². The molecule has 0 fully saturated rings. The van der Waals surface area contributed by atoms with E-state index in [4.69, 9.17) is 15.9 Å². The Hall–Kier alpha value is -1.58. The minimum Gasteiger partial charge on any atom is -0.481 e. The first-order chi connectivity index (χ1) is 5.24. The van der Waals surface area contributed by atoms with E-state index in [1.54, 1.807) is 18.2 Å². The molecule has 1 aromatic heterocycles. The van der Waals surface area contributed by atoms with Crippen LogP contribution < -0.4 is 10.5 Å². The quantitative estimate of drug-likeness (QED) is 0.474. The monoisotopic (exact) mass is 151 g/mol. The predicted octanol–water partition coefficient (Wildman–Crippen LogP) is 0.374. The second-order valence-electron chi connectivity index (χ2n) is 1.98. The Morgan fingerprint density at radius 2 is 2.36 bits per heavy atom. The van der Waals surface area contributed by atoms with E-state index in [0.29, 0.717) is 11.6 Å². The molecule has 0 amide bonds. The van der Waals surface area contributed by atoms with Crippen LogP contribution in [0.3, 0.4) is 0 Å². The van der Waals surface area contributed by atoms with Gasteiger partial charge in [0.15, 0.2) is 0 Å². The molecule has 0 aliphatic carbocycles. The van der Waals surface area contributed by atoms with Gasteiger partial charge in [0.2, 0.25) is 5.88 Å². The lowest BCUT2D eigenvalue weighted by atomic mass is 10.3. The first-order valence-electron chi connectivity index (χ1n) is 3.09. The molecular weight excluding hydrogens is 142 g/mol. The summed E-state index contributed by atoms with van der Waals surface area (Å²) in [7, 11) is 1.52. The smallest absolute Gasteiger partial charge is 0.213 e. The third-order valence-corrected chi connectivity index (χ3v) is 1.21. The molecule has 0 aliphatic rings. The highest BCUT2D eigenvalue weighted by molar-refractivity contribution is 5.93. The normalized spacial score (nSPS) is 9.18. The third-order valence-electron chi connectivity index (χ3n) is 1.21. The highest BCUT2D eigenvalue weighted by atomic mass is 16.5. The van der Waals surface area contributed by atoms with E-state index in [-0.39, 0.29) is 5.84 Å². The van der Waals surface area contributed by atoms with Gasteiger partial charge in [0.05, 0.1) is 7.11 Å². The van der Waals surface area contributed by atoms with Crippen LogP contribution in [0.15, 0.2) is 18.2 Å². The standard InChI is InChI=1S/C7H9N3O/c1-11-6-4-2-3-5(10-6)7(8)9/h2-4H,1H3,(H3,8,9). The summed E-state index contributed by atoms with van der Waals surface area (Å²) in [6.07, 6.45) is 0. The van der Waals surface area contributed by atoms with Crippen molar-refractivity contribution >= 4 is 5.84 Å². The Balaban J connectivity index is 3.01. The Morgan fingerprint density at radius 1 is 1.64 bits per heavy atom. The molecule has 11 heavy (non-hydrogen) atoms. The van der Waals surface area contributed by atoms with Gasteiger partial charge in [0, 0.05) is 6.07 Å². The zero-order chi connectivity index (χ0) is 8.27. The molecule has 58 valence electrons. The number of nitrogens with one attached hydrogen (secondary N) is 1. The molecule has 0 saturated carbocycles. The van der Waals surface area contributed by atoms with Gasteiger partial charge in [-0.3, -0.25) is 5.41 Å². The largest absolute Gasteiger partial charge is 0.481 e. The van der Waals surface area contributed by atoms with Crippen LogP contribution in [0.1, 0.15) is 5.69 Å². The molecule has 0 aliphatic heterocycles. The first kappa shape index (κ1) is 7.53. The summed E-state index contributed by atoms with van der Waals surface area (Å²) in [5, 5.41) is 7.07. The van der Waals surface area contributed by atoms with E-state index < -0.39 is 0 Å². The Bertz CT molecular complexity index is 272. The van der Waals surface area contributed by atoms with Crippen LogP contribution in [-0.4, -0.2) is 17.9 Å². The van der Waals surface area contributed by atoms with E-state index in [9.17, 15) is 0 Å². The van der Waals surface area contributed by atoms with Crippen molar-refractivity contribution in [3.8, 4) is 5.88 Å². The zero-order valence-electron chi connectivity index (χ0n) is 6.16. The molecule has 0 atom stereocenters. The van der Waals surface area contributed by atoms with Crippen LogP contribution in [0.4, 0.5) is 0 Å². The highest BCUT2D eigenvalue weighted by Crippen LogP contribution is 2.05. The lowest BCUT2D eigenvalue weighted by molar-refractivity contribution is 0.397. The number of methoxy groups -OCH3 is 1. The lowest BCUT2D eigenvalue weighted by Crippen LogP contribution is -2.13. The summed E-state index contributed by atoms with van der Waals surface area (Å²) in [6.45, 7) is 0. The molecular formula is C7H9N3O. The Kier molecular flexibility index (Phi) is 2.06. The minimum atomic E-state index is -0.0519. The van der Waals surface area contributed by atoms with E-state index in [0.717, 1.165) is 0 Å². The van der Waals surface area contributed by atoms with Crippen LogP contribution in [0.2, 0.25) is 0 Å². The van der Waals surface area contributed by atoms with Gasteiger partial charge in [-0.25, -0.2) is 4.98 Å². The number of amidine groups is 1. The molecule has 4 nitrogen and oxygen atoms in total. The third kappa shape index (κ3) is 1.67. The van der Waals surface area contributed by atoms with Crippen LogP contribution in [0.5, 0.6) is 5.88 Å². The second-order valence-corrected chi connectivity index (χ2v) is 1.98. The summed E-state index contributed by atoms with van der Waals surface area (Å²) < 4.78 is 4.84. The molecule has 1 rings (SSSR count). The minimum absolute atomic E-state index is 0.0519. The van der Waals surface area contributed by atoms with Crippen molar-refractivity contribution < 1.29 is 4.74 Å². The second kappa shape index (κ2) is 3.01. The molecule has 0 unspecified atom stereocenters. The Morgan fingerprint density at radius 3 is 2.91 bits per heavy atom. The number of aromatic nitrogens is 1. The molecule has 3 N–H and O–H groups in total. The van der Waals surface area contributed by atoms with Crippen molar-refractivity contribution in [3.63, 3.8) is 0 Å². The number of ether oxygens (including phenoxy) is 1. The number of pyridine rings is 1. The summed E-state index contributed by atoms with van der Waals surface area (Å²) in [5.74, 6) is 0.418. The maximum Gasteiger partial charge on any atom is 0.213 e.